The van der Waals surface area contributed by atoms with E-state index in [-0.39, 0.29) is 5.69 Å². The summed E-state index contributed by atoms with van der Waals surface area (Å²) >= 11 is 0. The van der Waals surface area contributed by atoms with Crippen molar-refractivity contribution in [2.45, 2.75) is 0 Å². The molecular weight excluding hydrogens is 372 g/mol. The Kier molecular flexibility index (Phi) is 5.53. The van der Waals surface area contributed by atoms with Crippen LogP contribution in [0.2, 0.25) is 0 Å². The van der Waals surface area contributed by atoms with Gasteiger partial charge in [-0.15, -0.1) is 0 Å². The summed E-state index contributed by atoms with van der Waals surface area (Å²) in [6.45, 7) is 3.92. The highest BCUT2D eigenvalue weighted by atomic mass is 19.1. The molecule has 0 aromatic heterocycles. The molecule has 148 valence electrons. The third kappa shape index (κ3) is 4.43. The van der Waals surface area contributed by atoms with Crippen molar-refractivity contribution < 1.29 is 13.6 Å². The summed E-state index contributed by atoms with van der Waals surface area (Å²) in [6.07, 6.45) is 0. The van der Waals surface area contributed by atoms with Crippen LogP contribution in [0.25, 0.3) is 11.1 Å². The maximum atomic E-state index is 13.8. The van der Waals surface area contributed by atoms with Crippen molar-refractivity contribution in [2.75, 3.05) is 36.4 Å². The number of carbonyl (C=O) groups excluding carboxylic acids is 1. The normalized spacial score (nSPS) is 13.9. The van der Waals surface area contributed by atoms with E-state index in [2.05, 4.69) is 27.7 Å². The minimum Gasteiger partial charge on any atom is -0.369 e. The number of nitrogens with zero attached hydrogens (tertiary/aromatic N) is 1. The van der Waals surface area contributed by atoms with Crippen molar-refractivity contribution in [2.24, 2.45) is 0 Å². The maximum Gasteiger partial charge on any atom is 0.255 e. The molecule has 0 saturated carbocycles. The van der Waals surface area contributed by atoms with E-state index in [4.69, 9.17) is 0 Å². The van der Waals surface area contributed by atoms with E-state index in [1.807, 2.05) is 18.2 Å². The molecule has 0 spiro atoms. The maximum absolute atomic E-state index is 13.8. The van der Waals surface area contributed by atoms with Crippen molar-refractivity contribution in [1.82, 2.24) is 5.32 Å². The van der Waals surface area contributed by atoms with Gasteiger partial charge in [-0.1, -0.05) is 24.3 Å². The van der Waals surface area contributed by atoms with E-state index in [1.54, 1.807) is 18.2 Å². The van der Waals surface area contributed by atoms with Crippen LogP contribution >= 0.6 is 0 Å². The first-order chi connectivity index (χ1) is 14.1. The standard InChI is InChI=1S/C23H21F2N3O/c24-19-6-9-22(21(25)15-19)27-23(29)18-3-1-2-17(14-18)16-4-7-20(8-5-16)28-12-10-26-11-13-28/h1-9,14-15,26H,10-13H2,(H,27,29). The zero-order valence-electron chi connectivity index (χ0n) is 15.8. The van der Waals surface area contributed by atoms with Crippen LogP contribution in [0.1, 0.15) is 10.4 Å². The van der Waals surface area contributed by atoms with Crippen LogP contribution in [-0.2, 0) is 0 Å². The molecule has 0 atom stereocenters. The average Bonchev–Trinajstić information content (AvgIpc) is 2.76. The molecule has 0 bridgehead atoms. The van der Waals surface area contributed by atoms with E-state index in [0.29, 0.717) is 5.56 Å². The highest BCUT2D eigenvalue weighted by Gasteiger charge is 2.13. The van der Waals surface area contributed by atoms with Crippen molar-refractivity contribution in [3.63, 3.8) is 0 Å². The summed E-state index contributed by atoms with van der Waals surface area (Å²) in [6, 6.07) is 18.4. The van der Waals surface area contributed by atoms with Gasteiger partial charge in [0.15, 0.2) is 0 Å². The molecule has 4 nitrogen and oxygen atoms in total. The molecule has 1 aliphatic heterocycles. The molecule has 1 aliphatic rings. The van der Waals surface area contributed by atoms with Gasteiger partial charge >= 0.3 is 0 Å². The molecule has 3 aromatic carbocycles. The van der Waals surface area contributed by atoms with Gasteiger partial charge in [0.05, 0.1) is 5.69 Å². The first-order valence-corrected chi connectivity index (χ1v) is 9.53. The molecule has 29 heavy (non-hydrogen) atoms. The zero-order chi connectivity index (χ0) is 20.2. The summed E-state index contributed by atoms with van der Waals surface area (Å²) in [4.78, 5) is 14.8. The van der Waals surface area contributed by atoms with Crippen LogP contribution in [0.4, 0.5) is 20.2 Å². The van der Waals surface area contributed by atoms with Crippen LogP contribution in [0.5, 0.6) is 0 Å². The van der Waals surface area contributed by atoms with Gasteiger partial charge in [0, 0.05) is 43.5 Å². The summed E-state index contributed by atoms with van der Waals surface area (Å²) in [5, 5.41) is 5.83. The monoisotopic (exact) mass is 393 g/mol. The van der Waals surface area contributed by atoms with Crippen molar-refractivity contribution in [3.05, 3.63) is 83.9 Å². The van der Waals surface area contributed by atoms with Gasteiger partial charge in [0.2, 0.25) is 0 Å². The fraction of sp³-hybridized carbons (Fsp3) is 0.174. The van der Waals surface area contributed by atoms with Crippen molar-refractivity contribution >= 4 is 17.3 Å². The molecule has 1 fully saturated rings. The van der Waals surface area contributed by atoms with Gasteiger partial charge in [-0.05, 0) is 47.5 Å². The number of hydrogen-bond donors (Lipinski definition) is 2. The van der Waals surface area contributed by atoms with Crippen LogP contribution in [0, 0.1) is 11.6 Å². The van der Waals surface area contributed by atoms with Crippen LogP contribution in [0.15, 0.2) is 66.7 Å². The Labute approximate surface area is 168 Å². The molecule has 0 unspecified atom stereocenters. The number of halogens is 2. The van der Waals surface area contributed by atoms with E-state index in [9.17, 15) is 13.6 Å². The third-order valence-electron chi connectivity index (χ3n) is 4.99. The molecule has 0 aliphatic carbocycles. The van der Waals surface area contributed by atoms with Crippen LogP contribution < -0.4 is 15.5 Å². The largest absolute Gasteiger partial charge is 0.369 e. The topological polar surface area (TPSA) is 44.4 Å². The summed E-state index contributed by atoms with van der Waals surface area (Å²) in [5.74, 6) is -1.94. The number of piperazine rings is 1. The van der Waals surface area contributed by atoms with Crippen molar-refractivity contribution in [3.8, 4) is 11.1 Å². The van der Waals surface area contributed by atoms with Gasteiger partial charge in [-0.25, -0.2) is 8.78 Å². The summed E-state index contributed by atoms with van der Waals surface area (Å²) in [7, 11) is 0. The Morgan fingerprint density at radius 2 is 1.66 bits per heavy atom. The number of benzene rings is 3. The highest BCUT2D eigenvalue weighted by Crippen LogP contribution is 2.25. The first-order valence-electron chi connectivity index (χ1n) is 9.53. The predicted octanol–water partition coefficient (Wildman–Crippen LogP) is 4.29. The van der Waals surface area contributed by atoms with Gasteiger partial charge in [0.1, 0.15) is 11.6 Å². The minimum absolute atomic E-state index is 0.0535. The molecule has 1 saturated heterocycles. The fourth-order valence-corrected chi connectivity index (χ4v) is 3.41. The second kappa shape index (κ2) is 8.41. The minimum atomic E-state index is -0.807. The van der Waals surface area contributed by atoms with Crippen LogP contribution in [-0.4, -0.2) is 32.1 Å². The highest BCUT2D eigenvalue weighted by molar-refractivity contribution is 6.05. The Morgan fingerprint density at radius 3 is 2.38 bits per heavy atom. The molecule has 2 N–H and O–H groups in total. The zero-order valence-corrected chi connectivity index (χ0v) is 15.8. The Balaban J connectivity index is 1.51. The predicted molar refractivity (Wildman–Crippen MR) is 111 cm³/mol. The van der Waals surface area contributed by atoms with Gasteiger partial charge < -0.3 is 15.5 Å². The first kappa shape index (κ1) is 19.1. The van der Waals surface area contributed by atoms with E-state index in [1.165, 1.54) is 11.8 Å². The number of amides is 1. The fourth-order valence-electron chi connectivity index (χ4n) is 3.41. The molecule has 6 heteroatoms. The van der Waals surface area contributed by atoms with Gasteiger partial charge in [-0.3, -0.25) is 4.79 Å². The smallest absolute Gasteiger partial charge is 0.255 e. The van der Waals surface area contributed by atoms with Gasteiger partial charge in [-0.2, -0.15) is 0 Å². The number of nitrogens with one attached hydrogen (secondary N) is 2. The lowest BCUT2D eigenvalue weighted by atomic mass is 10.0. The lowest BCUT2D eigenvalue weighted by Gasteiger charge is -2.29. The van der Waals surface area contributed by atoms with E-state index >= 15 is 0 Å². The molecule has 1 heterocycles. The number of anilines is 2. The van der Waals surface area contributed by atoms with Gasteiger partial charge in [0.25, 0.3) is 5.91 Å². The molecule has 0 radical (unpaired) electrons. The Bertz CT molecular complexity index is 1010. The van der Waals surface area contributed by atoms with E-state index in [0.717, 1.165) is 49.4 Å². The van der Waals surface area contributed by atoms with Crippen LogP contribution in [0.3, 0.4) is 0 Å². The SMILES string of the molecule is O=C(Nc1ccc(F)cc1F)c1cccc(-c2ccc(N3CCNCC3)cc2)c1. The second-order valence-electron chi connectivity index (χ2n) is 6.94. The molecular formula is C23H21F2N3O. The van der Waals surface area contributed by atoms with Crippen molar-refractivity contribution in [1.29, 1.82) is 0 Å². The lowest BCUT2D eigenvalue weighted by molar-refractivity contribution is 0.102. The number of rotatable bonds is 4. The molecule has 4 rings (SSSR count). The Morgan fingerprint density at radius 1 is 0.897 bits per heavy atom. The molecule has 3 aromatic rings. The van der Waals surface area contributed by atoms with E-state index < -0.39 is 17.5 Å². The summed E-state index contributed by atoms with van der Waals surface area (Å²) < 4.78 is 26.8. The quantitative estimate of drug-likeness (QED) is 0.695. The number of hydrogen-bond acceptors (Lipinski definition) is 3. The summed E-state index contributed by atoms with van der Waals surface area (Å²) in [5.41, 5.74) is 3.41. The average molecular weight is 393 g/mol. The Hall–Kier alpha value is -3.25. The lowest BCUT2D eigenvalue weighted by Crippen LogP contribution is -2.43. The molecule has 1 amide bonds. The third-order valence-corrected chi connectivity index (χ3v) is 4.99. The number of carbonyl (C=O) groups is 1. The second-order valence-corrected chi connectivity index (χ2v) is 6.94.